The molecule has 1 fully saturated rings. The minimum absolute atomic E-state index is 0.0405. The highest BCUT2D eigenvalue weighted by atomic mass is 16.5. The molecule has 3 heteroatoms. The molecule has 70 valence electrons. The molecule has 1 N–H and O–H groups in total. The van der Waals surface area contributed by atoms with E-state index >= 15 is 0 Å². The first kappa shape index (κ1) is 9.68. The van der Waals surface area contributed by atoms with Gasteiger partial charge in [0.1, 0.15) is 5.78 Å². The molecular formula is C9H17NO2. The molecule has 1 saturated heterocycles. The summed E-state index contributed by atoms with van der Waals surface area (Å²) in [6.07, 6.45) is 0. The van der Waals surface area contributed by atoms with Crippen molar-refractivity contribution in [3.8, 4) is 0 Å². The van der Waals surface area contributed by atoms with Gasteiger partial charge in [0.2, 0.25) is 0 Å². The summed E-state index contributed by atoms with van der Waals surface area (Å²) in [5, 5.41) is 3.04. The molecule has 1 aliphatic heterocycles. The van der Waals surface area contributed by atoms with Crippen LogP contribution in [0.3, 0.4) is 0 Å². The Morgan fingerprint density at radius 3 is 2.58 bits per heavy atom. The molecular weight excluding hydrogens is 154 g/mol. The van der Waals surface area contributed by atoms with Crippen LogP contribution < -0.4 is 5.32 Å². The van der Waals surface area contributed by atoms with E-state index in [4.69, 9.17) is 4.74 Å². The van der Waals surface area contributed by atoms with Crippen molar-refractivity contribution in [1.82, 2.24) is 5.32 Å². The summed E-state index contributed by atoms with van der Waals surface area (Å²) in [7, 11) is 0. The zero-order valence-corrected chi connectivity index (χ0v) is 8.02. The largest absolute Gasteiger partial charge is 0.366 e. The number of hydrogen-bond donors (Lipinski definition) is 1. The lowest BCUT2D eigenvalue weighted by atomic mass is 9.83. The van der Waals surface area contributed by atoms with E-state index in [9.17, 15) is 4.79 Å². The first-order chi connectivity index (χ1) is 5.52. The number of ketones is 1. The van der Waals surface area contributed by atoms with E-state index in [0.717, 1.165) is 6.54 Å². The van der Waals surface area contributed by atoms with E-state index in [-0.39, 0.29) is 17.1 Å². The Labute approximate surface area is 73.5 Å². The van der Waals surface area contributed by atoms with Gasteiger partial charge < -0.3 is 4.74 Å². The molecule has 0 aromatic carbocycles. The van der Waals surface area contributed by atoms with Crippen LogP contribution in [0.15, 0.2) is 0 Å². The van der Waals surface area contributed by atoms with Gasteiger partial charge in [-0.25, -0.2) is 0 Å². The summed E-state index contributed by atoms with van der Waals surface area (Å²) in [6.45, 7) is 7.75. The Morgan fingerprint density at radius 2 is 2.17 bits per heavy atom. The van der Waals surface area contributed by atoms with Gasteiger partial charge in [-0.2, -0.15) is 0 Å². The number of Topliss-reactive ketones (excluding diaryl/α,β-unsaturated/α-hetero) is 1. The van der Waals surface area contributed by atoms with Gasteiger partial charge >= 0.3 is 0 Å². The molecule has 1 rings (SSSR count). The van der Waals surface area contributed by atoms with Crippen LogP contribution >= 0.6 is 0 Å². The second-order valence-electron chi connectivity index (χ2n) is 4.28. The Balaban J connectivity index is 2.51. The van der Waals surface area contributed by atoms with Crippen molar-refractivity contribution in [2.24, 2.45) is 11.3 Å². The Kier molecular flexibility index (Phi) is 2.85. The second kappa shape index (κ2) is 3.54. The fourth-order valence-electron chi connectivity index (χ4n) is 1.35. The summed E-state index contributed by atoms with van der Waals surface area (Å²) < 4.78 is 5.17. The van der Waals surface area contributed by atoms with Crippen molar-refractivity contribution in [3.63, 3.8) is 0 Å². The van der Waals surface area contributed by atoms with Crippen LogP contribution in [0, 0.1) is 11.3 Å². The molecule has 0 aliphatic carbocycles. The van der Waals surface area contributed by atoms with Gasteiger partial charge in [0.15, 0.2) is 0 Å². The average Bonchev–Trinajstić information content (AvgIpc) is 2.03. The standard InChI is InChI=1S/C9H17NO2/c1-9(2,3)8(11)7-4-10-6-12-5-7/h7,10H,4-6H2,1-3H3. The molecule has 1 unspecified atom stereocenters. The lowest BCUT2D eigenvalue weighted by Gasteiger charge is -2.27. The van der Waals surface area contributed by atoms with E-state index < -0.39 is 0 Å². The lowest BCUT2D eigenvalue weighted by Crippen LogP contribution is -2.43. The van der Waals surface area contributed by atoms with Crippen molar-refractivity contribution in [1.29, 1.82) is 0 Å². The fourth-order valence-corrected chi connectivity index (χ4v) is 1.35. The predicted octanol–water partition coefficient (Wildman–Crippen LogP) is 0.795. The SMILES string of the molecule is CC(C)(C)C(=O)C1CNCOC1. The summed E-state index contributed by atoms with van der Waals surface area (Å²) in [5.74, 6) is 0.327. The summed E-state index contributed by atoms with van der Waals surface area (Å²) in [4.78, 5) is 11.7. The lowest BCUT2D eigenvalue weighted by molar-refractivity contribution is -0.134. The van der Waals surface area contributed by atoms with Crippen molar-refractivity contribution in [2.45, 2.75) is 20.8 Å². The molecule has 0 amide bonds. The molecule has 0 aromatic heterocycles. The maximum atomic E-state index is 11.7. The van der Waals surface area contributed by atoms with Crippen LogP contribution in [0.4, 0.5) is 0 Å². The Bertz CT molecular complexity index is 166. The van der Waals surface area contributed by atoms with E-state index in [1.165, 1.54) is 0 Å². The predicted molar refractivity (Wildman–Crippen MR) is 46.8 cm³/mol. The van der Waals surface area contributed by atoms with E-state index in [1.807, 2.05) is 20.8 Å². The van der Waals surface area contributed by atoms with Gasteiger partial charge in [-0.1, -0.05) is 20.8 Å². The molecule has 3 nitrogen and oxygen atoms in total. The van der Waals surface area contributed by atoms with Gasteiger partial charge in [0, 0.05) is 12.0 Å². The quantitative estimate of drug-likeness (QED) is 0.634. The minimum atomic E-state index is -0.243. The topological polar surface area (TPSA) is 38.3 Å². The maximum absolute atomic E-state index is 11.7. The molecule has 12 heavy (non-hydrogen) atoms. The number of hydrogen-bond acceptors (Lipinski definition) is 3. The van der Waals surface area contributed by atoms with Gasteiger partial charge in [-0.15, -0.1) is 0 Å². The first-order valence-electron chi connectivity index (χ1n) is 4.34. The van der Waals surface area contributed by atoms with Gasteiger partial charge in [0.05, 0.1) is 19.3 Å². The highest BCUT2D eigenvalue weighted by Gasteiger charge is 2.30. The maximum Gasteiger partial charge on any atom is 0.144 e. The van der Waals surface area contributed by atoms with Crippen LogP contribution in [0.5, 0.6) is 0 Å². The third-order valence-electron chi connectivity index (χ3n) is 2.02. The van der Waals surface area contributed by atoms with Gasteiger partial charge in [0.25, 0.3) is 0 Å². The fraction of sp³-hybridized carbons (Fsp3) is 0.889. The summed E-state index contributed by atoms with van der Waals surface area (Å²) in [5.41, 5.74) is -0.243. The number of nitrogens with one attached hydrogen (secondary N) is 1. The van der Waals surface area contributed by atoms with Crippen LogP contribution in [-0.4, -0.2) is 25.7 Å². The van der Waals surface area contributed by atoms with Gasteiger partial charge in [-0.05, 0) is 0 Å². The highest BCUT2D eigenvalue weighted by molar-refractivity contribution is 5.86. The van der Waals surface area contributed by atoms with Crippen molar-refractivity contribution < 1.29 is 9.53 Å². The number of carbonyl (C=O) groups is 1. The molecule has 1 atom stereocenters. The first-order valence-corrected chi connectivity index (χ1v) is 4.34. The zero-order chi connectivity index (χ0) is 9.19. The summed E-state index contributed by atoms with van der Waals surface area (Å²) in [6, 6.07) is 0. The zero-order valence-electron chi connectivity index (χ0n) is 8.02. The molecule has 0 saturated carbocycles. The van der Waals surface area contributed by atoms with Crippen LogP contribution in [0.2, 0.25) is 0 Å². The second-order valence-corrected chi connectivity index (χ2v) is 4.28. The molecule has 1 aliphatic rings. The van der Waals surface area contributed by atoms with Crippen molar-refractivity contribution >= 4 is 5.78 Å². The molecule has 1 heterocycles. The number of ether oxygens (including phenoxy) is 1. The normalized spacial score (nSPS) is 25.4. The van der Waals surface area contributed by atoms with Crippen molar-refractivity contribution in [3.05, 3.63) is 0 Å². The minimum Gasteiger partial charge on any atom is -0.366 e. The number of carbonyl (C=O) groups excluding carboxylic acids is 1. The molecule has 0 aromatic rings. The van der Waals surface area contributed by atoms with Crippen LogP contribution in [0.25, 0.3) is 0 Å². The Hall–Kier alpha value is -0.410. The highest BCUT2D eigenvalue weighted by Crippen LogP contribution is 2.20. The monoisotopic (exact) mass is 171 g/mol. The molecule has 0 bridgehead atoms. The third kappa shape index (κ3) is 2.29. The summed E-state index contributed by atoms with van der Waals surface area (Å²) >= 11 is 0. The number of rotatable bonds is 1. The molecule has 0 spiro atoms. The average molecular weight is 171 g/mol. The van der Waals surface area contributed by atoms with Gasteiger partial charge in [-0.3, -0.25) is 10.1 Å². The third-order valence-corrected chi connectivity index (χ3v) is 2.02. The van der Waals surface area contributed by atoms with Crippen LogP contribution in [0.1, 0.15) is 20.8 Å². The van der Waals surface area contributed by atoms with Crippen LogP contribution in [-0.2, 0) is 9.53 Å². The van der Waals surface area contributed by atoms with E-state index in [1.54, 1.807) is 0 Å². The molecule has 0 radical (unpaired) electrons. The van der Waals surface area contributed by atoms with E-state index in [2.05, 4.69) is 5.32 Å². The van der Waals surface area contributed by atoms with E-state index in [0.29, 0.717) is 13.3 Å². The Morgan fingerprint density at radius 1 is 1.50 bits per heavy atom. The smallest absolute Gasteiger partial charge is 0.144 e. The van der Waals surface area contributed by atoms with Crippen molar-refractivity contribution in [2.75, 3.05) is 19.9 Å².